The number of aliphatic carboxylic acids is 1. The summed E-state index contributed by atoms with van der Waals surface area (Å²) in [6, 6.07) is 8.89. The van der Waals surface area contributed by atoms with Gasteiger partial charge in [0.1, 0.15) is 10.6 Å². The molecule has 0 aliphatic carbocycles. The van der Waals surface area contributed by atoms with E-state index in [1.54, 1.807) is 11.3 Å². The Balaban J connectivity index is 0.000000318. The molecule has 1 aromatic carbocycles. The third kappa shape index (κ3) is 5.80. The van der Waals surface area contributed by atoms with E-state index in [2.05, 4.69) is 34.0 Å². The zero-order valence-electron chi connectivity index (χ0n) is 16.3. The van der Waals surface area contributed by atoms with E-state index < -0.39 is 12.1 Å². The Morgan fingerprint density at radius 1 is 1.40 bits per heavy atom. The summed E-state index contributed by atoms with van der Waals surface area (Å²) in [7, 11) is 2.21. The van der Waals surface area contributed by atoms with Crippen LogP contribution in [0.4, 0.5) is 13.2 Å². The lowest BCUT2D eigenvalue weighted by atomic mass is 10.2. The lowest BCUT2D eigenvalue weighted by Crippen LogP contribution is -2.33. The van der Waals surface area contributed by atoms with Crippen molar-refractivity contribution in [2.75, 3.05) is 20.1 Å². The number of likely N-dealkylation sites (N-methyl/N-ethyl adjacent to an activating group) is 1. The van der Waals surface area contributed by atoms with Crippen molar-refractivity contribution < 1.29 is 27.5 Å². The molecule has 1 unspecified atom stereocenters. The van der Waals surface area contributed by atoms with Crippen molar-refractivity contribution in [1.29, 1.82) is 0 Å². The molecule has 4 rings (SSSR count). The van der Waals surface area contributed by atoms with Crippen molar-refractivity contribution in [3.8, 4) is 0 Å². The number of alkyl halides is 3. The smallest absolute Gasteiger partial charge is 0.475 e. The number of halogens is 3. The highest BCUT2D eigenvalue weighted by Crippen LogP contribution is 2.25. The minimum atomic E-state index is -5.08. The summed E-state index contributed by atoms with van der Waals surface area (Å²) in [6.07, 6.45) is -0.0618. The number of hydrogen-bond donors (Lipinski definition) is 1. The highest BCUT2D eigenvalue weighted by atomic mass is 32.1. The maximum atomic E-state index is 10.6. The summed E-state index contributed by atoms with van der Waals surface area (Å²) in [5.74, 6) is -2.76. The summed E-state index contributed by atoms with van der Waals surface area (Å²) in [5, 5.41) is 11.6. The molecule has 6 nitrogen and oxygen atoms in total. The molecular weight excluding hydrogens is 419 g/mol. The van der Waals surface area contributed by atoms with E-state index in [0.717, 1.165) is 31.8 Å². The van der Waals surface area contributed by atoms with Crippen molar-refractivity contribution in [2.45, 2.75) is 31.7 Å². The van der Waals surface area contributed by atoms with Crippen LogP contribution in [0.5, 0.6) is 0 Å². The van der Waals surface area contributed by atoms with Gasteiger partial charge in [-0.3, -0.25) is 9.80 Å². The average molecular weight is 441 g/mol. The number of aromatic nitrogens is 1. The summed E-state index contributed by atoms with van der Waals surface area (Å²) < 4.78 is 37.4. The molecular formula is C20H22F3N3O3S. The summed E-state index contributed by atoms with van der Waals surface area (Å²) >= 11 is 1.74. The zero-order valence-corrected chi connectivity index (χ0v) is 17.1. The highest BCUT2D eigenvalue weighted by Gasteiger charge is 2.38. The number of carboxylic acids is 1. The van der Waals surface area contributed by atoms with Crippen LogP contribution in [0.2, 0.25) is 0 Å². The second kappa shape index (κ2) is 9.59. The average Bonchev–Trinajstić information content (AvgIpc) is 3.44. The molecule has 162 valence electrons. The molecule has 0 saturated carbocycles. The number of carbonyl (C=O) groups is 1. The standard InChI is InChI=1S/C18H21N3OS.C2HF3O2/c1-20(12-18-19-7-9-23-18)15-6-8-21(11-15)10-14-13-22-17-5-3-2-4-16(14)17;3-2(4,5)1(6)7/h2-5,7,9,13,15H,6,8,10-12H2,1H3;(H,6,7). The van der Waals surface area contributed by atoms with Crippen molar-refractivity contribution in [3.63, 3.8) is 0 Å². The third-order valence-electron chi connectivity index (χ3n) is 4.94. The Hall–Kier alpha value is -2.43. The van der Waals surface area contributed by atoms with Gasteiger partial charge in [0.25, 0.3) is 0 Å². The number of rotatable bonds is 5. The maximum absolute atomic E-state index is 10.6. The van der Waals surface area contributed by atoms with Crippen LogP contribution >= 0.6 is 11.3 Å². The first kappa shape index (κ1) is 22.3. The molecule has 3 heterocycles. The summed E-state index contributed by atoms with van der Waals surface area (Å²) in [6.45, 7) is 4.18. The SMILES string of the molecule is CN(Cc1nccs1)C1CCN(Cc2coc3ccccc23)C1.O=C(O)C(F)(F)F. The van der Waals surface area contributed by atoms with Crippen LogP contribution in [-0.4, -0.2) is 58.2 Å². The number of likely N-dealkylation sites (tertiary alicyclic amines) is 1. The van der Waals surface area contributed by atoms with E-state index in [0.29, 0.717) is 6.04 Å². The van der Waals surface area contributed by atoms with E-state index >= 15 is 0 Å². The number of hydrogen-bond acceptors (Lipinski definition) is 6. The number of benzene rings is 1. The van der Waals surface area contributed by atoms with Gasteiger partial charge in [0.2, 0.25) is 0 Å². The predicted molar refractivity (Wildman–Crippen MR) is 107 cm³/mol. The predicted octanol–water partition coefficient (Wildman–Crippen LogP) is 4.23. The molecule has 2 aromatic heterocycles. The molecule has 0 bridgehead atoms. The number of fused-ring (bicyclic) bond motifs is 1. The van der Waals surface area contributed by atoms with Crippen LogP contribution in [-0.2, 0) is 17.9 Å². The van der Waals surface area contributed by atoms with Gasteiger partial charge in [-0.15, -0.1) is 11.3 Å². The molecule has 1 fully saturated rings. The molecule has 1 aliphatic rings. The Bertz CT molecular complexity index is 959. The first-order valence-corrected chi connectivity index (χ1v) is 10.2. The Labute approximate surface area is 175 Å². The number of furan rings is 1. The molecule has 10 heteroatoms. The number of thiazole rings is 1. The summed E-state index contributed by atoms with van der Waals surface area (Å²) in [5.41, 5.74) is 2.28. The van der Waals surface area contributed by atoms with Crippen molar-refractivity contribution in [2.24, 2.45) is 0 Å². The molecule has 0 spiro atoms. The van der Waals surface area contributed by atoms with Gasteiger partial charge in [-0.05, 0) is 19.5 Å². The molecule has 1 saturated heterocycles. The molecule has 1 N–H and O–H groups in total. The topological polar surface area (TPSA) is 69.8 Å². The highest BCUT2D eigenvalue weighted by molar-refractivity contribution is 7.09. The fraction of sp³-hybridized carbons (Fsp3) is 0.400. The first-order chi connectivity index (χ1) is 14.2. The molecule has 0 amide bonds. The second-order valence-electron chi connectivity index (χ2n) is 7.08. The second-order valence-corrected chi connectivity index (χ2v) is 8.06. The van der Waals surface area contributed by atoms with Gasteiger partial charge in [-0.1, -0.05) is 18.2 Å². The van der Waals surface area contributed by atoms with Gasteiger partial charge >= 0.3 is 12.1 Å². The van der Waals surface area contributed by atoms with Gasteiger partial charge in [0.15, 0.2) is 0 Å². The molecule has 1 atom stereocenters. The van der Waals surface area contributed by atoms with Gasteiger partial charge in [-0.2, -0.15) is 13.2 Å². The van der Waals surface area contributed by atoms with E-state index in [-0.39, 0.29) is 0 Å². The molecule has 30 heavy (non-hydrogen) atoms. The van der Waals surface area contributed by atoms with Crippen LogP contribution in [0.1, 0.15) is 17.0 Å². The summed E-state index contributed by atoms with van der Waals surface area (Å²) in [4.78, 5) is 18.3. The van der Waals surface area contributed by atoms with Gasteiger partial charge in [-0.25, -0.2) is 9.78 Å². The quantitative estimate of drug-likeness (QED) is 0.639. The minimum Gasteiger partial charge on any atom is -0.475 e. The van der Waals surface area contributed by atoms with E-state index in [1.165, 1.54) is 22.4 Å². The lowest BCUT2D eigenvalue weighted by molar-refractivity contribution is -0.192. The Kier molecular flexibility index (Phi) is 7.11. The number of nitrogens with zero attached hydrogens (tertiary/aromatic N) is 3. The molecule has 0 radical (unpaired) electrons. The molecule has 1 aliphatic heterocycles. The zero-order chi connectivity index (χ0) is 21.7. The first-order valence-electron chi connectivity index (χ1n) is 9.30. The fourth-order valence-corrected chi connectivity index (χ4v) is 4.06. The van der Waals surface area contributed by atoms with Crippen LogP contribution in [0.3, 0.4) is 0 Å². The van der Waals surface area contributed by atoms with E-state index in [9.17, 15) is 13.2 Å². The largest absolute Gasteiger partial charge is 0.490 e. The fourth-order valence-electron chi connectivity index (χ4n) is 3.39. The normalized spacial score (nSPS) is 17.3. The monoisotopic (exact) mass is 441 g/mol. The van der Waals surface area contributed by atoms with Crippen molar-refractivity contribution >= 4 is 28.3 Å². The van der Waals surface area contributed by atoms with Crippen LogP contribution in [0.25, 0.3) is 11.0 Å². The lowest BCUT2D eigenvalue weighted by Gasteiger charge is -2.23. The minimum absolute atomic E-state index is 0.608. The van der Waals surface area contributed by atoms with Crippen LogP contribution in [0.15, 0.2) is 46.5 Å². The Morgan fingerprint density at radius 3 is 2.80 bits per heavy atom. The van der Waals surface area contributed by atoms with Crippen molar-refractivity contribution in [1.82, 2.24) is 14.8 Å². The van der Waals surface area contributed by atoms with Crippen LogP contribution < -0.4 is 0 Å². The van der Waals surface area contributed by atoms with Gasteiger partial charge < -0.3 is 9.52 Å². The van der Waals surface area contributed by atoms with Crippen LogP contribution in [0, 0.1) is 0 Å². The third-order valence-corrected chi connectivity index (χ3v) is 5.70. The number of para-hydroxylation sites is 1. The van der Waals surface area contributed by atoms with Gasteiger partial charge in [0, 0.05) is 48.2 Å². The van der Waals surface area contributed by atoms with Gasteiger partial charge in [0.05, 0.1) is 12.8 Å². The maximum Gasteiger partial charge on any atom is 0.490 e. The number of carboxylic acid groups (broad SMARTS) is 1. The Morgan fingerprint density at radius 2 is 2.13 bits per heavy atom. The van der Waals surface area contributed by atoms with E-state index in [1.807, 2.05) is 30.0 Å². The molecule has 3 aromatic rings. The van der Waals surface area contributed by atoms with E-state index in [4.69, 9.17) is 14.3 Å². The van der Waals surface area contributed by atoms with Crippen molar-refractivity contribution in [3.05, 3.63) is 52.7 Å².